The summed E-state index contributed by atoms with van der Waals surface area (Å²) in [5.41, 5.74) is 2.12. The van der Waals surface area contributed by atoms with Crippen LogP contribution in [-0.2, 0) is 16.9 Å². The van der Waals surface area contributed by atoms with Crippen molar-refractivity contribution in [2.75, 3.05) is 4.90 Å². The molecule has 2 atom stereocenters. The van der Waals surface area contributed by atoms with Crippen molar-refractivity contribution in [3.05, 3.63) is 100 Å². The van der Waals surface area contributed by atoms with Crippen LogP contribution in [0, 0.1) is 6.92 Å². The Morgan fingerprint density at radius 3 is 2.34 bits per heavy atom. The Bertz CT molecular complexity index is 1030. The van der Waals surface area contributed by atoms with Gasteiger partial charge >= 0.3 is 0 Å². The molecule has 29 heavy (non-hydrogen) atoms. The maximum Gasteiger partial charge on any atom is 0.264 e. The van der Waals surface area contributed by atoms with E-state index in [0.29, 0.717) is 28.4 Å². The molecule has 1 heterocycles. The van der Waals surface area contributed by atoms with Crippen molar-refractivity contribution in [2.45, 2.75) is 31.6 Å². The van der Waals surface area contributed by atoms with Gasteiger partial charge in [-0.1, -0.05) is 71.8 Å². The normalized spacial score (nSPS) is 19.3. The summed E-state index contributed by atoms with van der Waals surface area (Å²) >= 11 is 5.92. The lowest BCUT2D eigenvalue weighted by Gasteiger charge is -2.26. The van der Waals surface area contributed by atoms with Gasteiger partial charge in [-0.3, -0.25) is 4.79 Å². The standard InChI is InChI=1S/C24H22ClNO3/c1-16-6-8-17(9-7-16)15-26-21-5-3-2-4-20(21)24(29,23(26)28)14-22(27)18-10-12-19(25)13-11-18/h2-13,22,27,29H,14-15H2,1H3. The second-order valence-electron chi connectivity index (χ2n) is 7.53. The molecule has 0 radical (unpaired) electrons. The van der Waals surface area contributed by atoms with Crippen molar-refractivity contribution < 1.29 is 15.0 Å². The van der Waals surface area contributed by atoms with E-state index in [-0.39, 0.29) is 6.42 Å². The van der Waals surface area contributed by atoms with Crippen LogP contribution < -0.4 is 4.90 Å². The van der Waals surface area contributed by atoms with Crippen molar-refractivity contribution in [2.24, 2.45) is 0 Å². The number of amides is 1. The fourth-order valence-electron chi connectivity index (χ4n) is 3.82. The van der Waals surface area contributed by atoms with Crippen molar-refractivity contribution in [1.82, 2.24) is 0 Å². The van der Waals surface area contributed by atoms with Crippen molar-refractivity contribution in [3.63, 3.8) is 0 Å². The molecular formula is C24H22ClNO3. The number of rotatable bonds is 5. The summed E-state index contributed by atoms with van der Waals surface area (Å²) in [4.78, 5) is 14.9. The summed E-state index contributed by atoms with van der Waals surface area (Å²) in [5.74, 6) is -0.424. The number of aliphatic hydroxyl groups is 2. The molecule has 4 nitrogen and oxygen atoms in total. The quantitative estimate of drug-likeness (QED) is 0.654. The SMILES string of the molecule is Cc1ccc(CN2C(=O)C(O)(CC(O)c3ccc(Cl)cc3)c3ccccc32)cc1. The van der Waals surface area contributed by atoms with Crippen LogP contribution in [0.1, 0.15) is 34.8 Å². The Hall–Kier alpha value is -2.66. The van der Waals surface area contributed by atoms with E-state index in [4.69, 9.17) is 11.6 Å². The highest BCUT2D eigenvalue weighted by molar-refractivity contribution is 6.30. The molecular weight excluding hydrogens is 386 g/mol. The number of nitrogens with zero attached hydrogens (tertiary/aromatic N) is 1. The molecule has 1 aliphatic heterocycles. The molecule has 2 unspecified atom stereocenters. The summed E-state index contributed by atoms with van der Waals surface area (Å²) < 4.78 is 0. The molecule has 0 saturated heterocycles. The van der Waals surface area contributed by atoms with Crippen LogP contribution in [0.3, 0.4) is 0 Å². The molecule has 2 N–H and O–H groups in total. The molecule has 0 aliphatic carbocycles. The number of carbonyl (C=O) groups is 1. The fourth-order valence-corrected chi connectivity index (χ4v) is 3.95. The maximum atomic E-state index is 13.3. The summed E-state index contributed by atoms with van der Waals surface area (Å²) in [6, 6.07) is 21.9. The van der Waals surface area contributed by atoms with Crippen LogP contribution in [0.2, 0.25) is 5.02 Å². The molecule has 3 aromatic rings. The van der Waals surface area contributed by atoms with Crippen molar-refractivity contribution in [3.8, 4) is 0 Å². The first-order valence-corrected chi connectivity index (χ1v) is 9.89. The summed E-state index contributed by atoms with van der Waals surface area (Å²) in [5, 5.41) is 22.7. The molecule has 0 bridgehead atoms. The number of aliphatic hydroxyl groups excluding tert-OH is 1. The van der Waals surface area contributed by atoms with E-state index in [1.54, 1.807) is 41.3 Å². The smallest absolute Gasteiger partial charge is 0.264 e. The van der Waals surface area contributed by atoms with E-state index < -0.39 is 17.6 Å². The van der Waals surface area contributed by atoms with E-state index in [0.717, 1.165) is 11.1 Å². The van der Waals surface area contributed by atoms with Crippen LogP contribution in [0.25, 0.3) is 0 Å². The van der Waals surface area contributed by atoms with E-state index in [2.05, 4.69) is 0 Å². The van der Waals surface area contributed by atoms with Gasteiger partial charge < -0.3 is 15.1 Å². The summed E-state index contributed by atoms with van der Waals surface area (Å²) in [6.07, 6.45) is -1.14. The molecule has 0 fully saturated rings. The first-order valence-electron chi connectivity index (χ1n) is 9.51. The molecule has 0 aromatic heterocycles. The summed E-state index contributed by atoms with van der Waals surface area (Å²) in [7, 11) is 0. The molecule has 148 valence electrons. The molecule has 1 amide bonds. The number of hydrogen-bond donors (Lipinski definition) is 2. The third-order valence-electron chi connectivity index (χ3n) is 5.44. The molecule has 0 saturated carbocycles. The van der Waals surface area contributed by atoms with E-state index in [9.17, 15) is 15.0 Å². The van der Waals surface area contributed by atoms with Crippen LogP contribution in [0.4, 0.5) is 5.69 Å². The molecule has 1 aliphatic rings. The highest BCUT2D eigenvalue weighted by Crippen LogP contribution is 2.45. The van der Waals surface area contributed by atoms with Gasteiger partial charge in [0.05, 0.1) is 18.3 Å². The number of carbonyl (C=O) groups excluding carboxylic acids is 1. The minimum atomic E-state index is -1.79. The zero-order chi connectivity index (χ0) is 20.6. The highest BCUT2D eigenvalue weighted by Gasteiger charge is 2.50. The van der Waals surface area contributed by atoms with Crippen molar-refractivity contribution in [1.29, 1.82) is 0 Å². The lowest BCUT2D eigenvalue weighted by atomic mass is 9.87. The second kappa shape index (κ2) is 7.64. The largest absolute Gasteiger partial charge is 0.388 e. The number of fused-ring (bicyclic) bond motifs is 1. The predicted molar refractivity (Wildman–Crippen MR) is 114 cm³/mol. The van der Waals surface area contributed by atoms with Gasteiger partial charge in [0.15, 0.2) is 5.60 Å². The minimum absolute atomic E-state index is 0.130. The van der Waals surface area contributed by atoms with Gasteiger partial charge in [0, 0.05) is 17.0 Å². The number of aryl methyl sites for hydroxylation is 1. The topological polar surface area (TPSA) is 60.8 Å². The number of benzene rings is 3. The number of halogens is 1. The zero-order valence-electron chi connectivity index (χ0n) is 16.0. The van der Waals surface area contributed by atoms with Gasteiger partial charge in [-0.25, -0.2) is 0 Å². The maximum absolute atomic E-state index is 13.3. The van der Waals surface area contributed by atoms with Gasteiger partial charge in [0.25, 0.3) is 5.91 Å². The average molecular weight is 408 g/mol. The lowest BCUT2D eigenvalue weighted by Crippen LogP contribution is -2.41. The number of para-hydroxylation sites is 1. The Morgan fingerprint density at radius 2 is 1.66 bits per heavy atom. The predicted octanol–water partition coefficient (Wildman–Crippen LogP) is 4.51. The number of hydrogen-bond acceptors (Lipinski definition) is 3. The number of anilines is 1. The van der Waals surface area contributed by atoms with E-state index >= 15 is 0 Å². The summed E-state index contributed by atoms with van der Waals surface area (Å²) in [6.45, 7) is 2.37. The fraction of sp³-hybridized carbons (Fsp3) is 0.208. The molecule has 0 spiro atoms. The van der Waals surface area contributed by atoms with E-state index in [1.807, 2.05) is 43.3 Å². The Kier molecular flexibility index (Phi) is 5.17. The van der Waals surface area contributed by atoms with Gasteiger partial charge in [0.2, 0.25) is 0 Å². The Balaban J connectivity index is 1.65. The first-order chi connectivity index (χ1) is 13.9. The first kappa shape index (κ1) is 19.6. The Morgan fingerprint density at radius 1 is 1.00 bits per heavy atom. The van der Waals surface area contributed by atoms with E-state index in [1.165, 1.54) is 0 Å². The zero-order valence-corrected chi connectivity index (χ0v) is 16.8. The molecule has 4 rings (SSSR count). The molecule has 3 aromatic carbocycles. The third kappa shape index (κ3) is 3.67. The van der Waals surface area contributed by atoms with Crippen molar-refractivity contribution >= 4 is 23.2 Å². The second-order valence-corrected chi connectivity index (χ2v) is 7.96. The Labute approximate surface area is 175 Å². The van der Waals surface area contributed by atoms with Crippen LogP contribution in [0.5, 0.6) is 0 Å². The third-order valence-corrected chi connectivity index (χ3v) is 5.70. The van der Waals surface area contributed by atoms with Crippen LogP contribution >= 0.6 is 11.6 Å². The van der Waals surface area contributed by atoms with Crippen LogP contribution in [-0.4, -0.2) is 16.1 Å². The highest BCUT2D eigenvalue weighted by atomic mass is 35.5. The van der Waals surface area contributed by atoms with Gasteiger partial charge in [0.1, 0.15) is 0 Å². The molecule has 5 heteroatoms. The monoisotopic (exact) mass is 407 g/mol. The van der Waals surface area contributed by atoms with Gasteiger partial charge in [-0.05, 0) is 36.2 Å². The van der Waals surface area contributed by atoms with Crippen LogP contribution in [0.15, 0.2) is 72.8 Å². The average Bonchev–Trinajstić information content (AvgIpc) is 2.92. The minimum Gasteiger partial charge on any atom is -0.388 e. The lowest BCUT2D eigenvalue weighted by molar-refractivity contribution is -0.139. The van der Waals surface area contributed by atoms with Gasteiger partial charge in [-0.15, -0.1) is 0 Å². The van der Waals surface area contributed by atoms with Gasteiger partial charge in [-0.2, -0.15) is 0 Å².